The fraction of sp³-hybridized carbons (Fsp3) is 0.650. The molecule has 2 amide bonds. The number of aryl methyl sites for hydroxylation is 2. The van der Waals surface area contributed by atoms with E-state index < -0.39 is 0 Å². The molecule has 2 atom stereocenters. The number of nitrogens with zero attached hydrogens (tertiary/aromatic N) is 5. The lowest BCUT2D eigenvalue weighted by molar-refractivity contribution is -0.122. The van der Waals surface area contributed by atoms with Gasteiger partial charge in [0.05, 0.1) is 6.04 Å². The van der Waals surface area contributed by atoms with Crippen LogP contribution < -0.4 is 5.32 Å². The Morgan fingerprint density at radius 3 is 2.67 bits per heavy atom. The fourth-order valence-electron chi connectivity index (χ4n) is 3.77. The van der Waals surface area contributed by atoms with E-state index in [9.17, 15) is 9.59 Å². The van der Waals surface area contributed by atoms with Gasteiger partial charge in [-0.25, -0.2) is 4.98 Å². The van der Waals surface area contributed by atoms with Gasteiger partial charge in [0.25, 0.3) is 5.91 Å². The Morgan fingerprint density at radius 1 is 1.33 bits per heavy atom. The summed E-state index contributed by atoms with van der Waals surface area (Å²) < 4.78 is 5.33. The van der Waals surface area contributed by atoms with Crippen LogP contribution in [0.5, 0.6) is 0 Å². The second-order valence-electron chi connectivity index (χ2n) is 8.65. The van der Waals surface area contributed by atoms with E-state index >= 15 is 0 Å². The Morgan fingerprint density at radius 2 is 2.07 bits per heavy atom. The maximum atomic E-state index is 13.5. The first-order valence-corrected chi connectivity index (χ1v) is 10.2. The summed E-state index contributed by atoms with van der Waals surface area (Å²) in [6.07, 6.45) is 0.997. The number of aromatic nitrogens is 4. The molecule has 0 radical (unpaired) electrons. The molecule has 3 rings (SSSR count). The zero-order valence-electron chi connectivity index (χ0n) is 18.5. The number of carbonyl (C=O) groups excluding carboxylic acids is 2. The molecule has 1 fully saturated rings. The molecule has 1 saturated heterocycles. The zero-order valence-corrected chi connectivity index (χ0v) is 18.5. The number of aromatic amines is 1. The normalized spacial score (nSPS) is 19.1. The van der Waals surface area contributed by atoms with Crippen LogP contribution in [0.15, 0.2) is 4.52 Å². The van der Waals surface area contributed by atoms with Crippen molar-refractivity contribution in [2.75, 3.05) is 20.6 Å². The standard InChI is InChI=1S/C20H31N7O3/c1-11(2)7-17(28)22-14-8-16(19-21-13(4)23-24-19)27(9-14)20(29)18-15(10-26(5)6)12(3)30-25-18/h11,14,16H,7-10H2,1-6H3,(H,22,28)(H,21,23,24)/t14-,16-/m0/s1. The minimum absolute atomic E-state index is 0.0141. The number of H-pyrrole nitrogens is 1. The summed E-state index contributed by atoms with van der Waals surface area (Å²) in [5.74, 6) is 1.85. The molecule has 0 aliphatic carbocycles. The lowest BCUT2D eigenvalue weighted by atomic mass is 10.1. The third-order valence-electron chi connectivity index (χ3n) is 5.09. The van der Waals surface area contributed by atoms with Crippen molar-refractivity contribution >= 4 is 11.8 Å². The Bertz CT molecular complexity index is 902. The van der Waals surface area contributed by atoms with Gasteiger partial charge in [-0.15, -0.1) is 0 Å². The van der Waals surface area contributed by atoms with E-state index in [4.69, 9.17) is 4.52 Å². The highest BCUT2D eigenvalue weighted by Crippen LogP contribution is 2.32. The fourth-order valence-corrected chi connectivity index (χ4v) is 3.77. The van der Waals surface area contributed by atoms with Gasteiger partial charge in [0.1, 0.15) is 11.6 Å². The maximum absolute atomic E-state index is 13.5. The molecular formula is C20H31N7O3. The van der Waals surface area contributed by atoms with Gasteiger partial charge in [0.15, 0.2) is 11.5 Å². The first-order chi connectivity index (χ1) is 14.2. The summed E-state index contributed by atoms with van der Waals surface area (Å²) in [5.41, 5.74) is 1.06. The lowest BCUT2D eigenvalue weighted by Crippen LogP contribution is -2.39. The summed E-state index contributed by atoms with van der Waals surface area (Å²) in [5, 5.41) is 14.2. The highest BCUT2D eigenvalue weighted by atomic mass is 16.5. The van der Waals surface area contributed by atoms with Crippen molar-refractivity contribution in [3.8, 4) is 0 Å². The summed E-state index contributed by atoms with van der Waals surface area (Å²) in [6, 6.07) is -0.523. The molecule has 30 heavy (non-hydrogen) atoms. The number of hydrogen-bond acceptors (Lipinski definition) is 7. The second kappa shape index (κ2) is 8.95. The predicted octanol–water partition coefficient (Wildman–Crippen LogP) is 1.59. The van der Waals surface area contributed by atoms with Crippen LogP contribution >= 0.6 is 0 Å². The van der Waals surface area contributed by atoms with Crippen molar-refractivity contribution in [2.45, 2.75) is 59.2 Å². The third kappa shape index (κ3) is 4.86. The van der Waals surface area contributed by atoms with Crippen molar-refractivity contribution in [2.24, 2.45) is 5.92 Å². The summed E-state index contributed by atoms with van der Waals surface area (Å²) in [4.78, 5) is 33.9. The Hall–Kier alpha value is -2.75. The van der Waals surface area contributed by atoms with Crippen molar-refractivity contribution in [1.29, 1.82) is 0 Å². The van der Waals surface area contributed by atoms with Crippen molar-refractivity contribution in [1.82, 2.24) is 35.5 Å². The molecule has 2 aromatic heterocycles. The minimum Gasteiger partial charge on any atom is -0.361 e. The van der Waals surface area contributed by atoms with Gasteiger partial charge in [-0.05, 0) is 40.3 Å². The average Bonchev–Trinajstić information content (AvgIpc) is 3.33. The lowest BCUT2D eigenvalue weighted by Gasteiger charge is -2.22. The summed E-state index contributed by atoms with van der Waals surface area (Å²) in [6.45, 7) is 8.54. The van der Waals surface area contributed by atoms with Crippen molar-refractivity contribution in [3.63, 3.8) is 0 Å². The molecule has 1 aliphatic heterocycles. The van der Waals surface area contributed by atoms with Crippen LogP contribution in [-0.2, 0) is 11.3 Å². The van der Waals surface area contributed by atoms with E-state index in [0.717, 1.165) is 5.56 Å². The van der Waals surface area contributed by atoms with E-state index in [-0.39, 0.29) is 29.8 Å². The van der Waals surface area contributed by atoms with Gasteiger partial charge in [-0.1, -0.05) is 19.0 Å². The molecule has 0 saturated carbocycles. The topological polar surface area (TPSA) is 120 Å². The van der Waals surface area contributed by atoms with Crippen LogP contribution in [0, 0.1) is 19.8 Å². The number of carbonyl (C=O) groups is 2. The Labute approximate surface area is 176 Å². The van der Waals surface area contributed by atoms with Crippen LogP contribution in [0.1, 0.15) is 66.2 Å². The number of amides is 2. The molecule has 10 nitrogen and oxygen atoms in total. The zero-order chi connectivity index (χ0) is 22.0. The summed E-state index contributed by atoms with van der Waals surface area (Å²) in [7, 11) is 3.85. The van der Waals surface area contributed by atoms with Gasteiger partial charge in [0.2, 0.25) is 5.91 Å². The number of likely N-dealkylation sites (tertiary alicyclic amines) is 1. The molecule has 3 heterocycles. The number of hydrogen-bond donors (Lipinski definition) is 2. The highest BCUT2D eigenvalue weighted by Gasteiger charge is 2.41. The van der Waals surface area contributed by atoms with Gasteiger partial charge in [0, 0.05) is 31.1 Å². The van der Waals surface area contributed by atoms with Crippen molar-refractivity contribution in [3.05, 3.63) is 28.7 Å². The van der Waals surface area contributed by atoms with Gasteiger partial charge in [-0.2, -0.15) is 5.10 Å². The van der Waals surface area contributed by atoms with Crippen LogP contribution in [0.3, 0.4) is 0 Å². The molecular weight excluding hydrogens is 386 g/mol. The molecule has 0 aromatic carbocycles. The van der Waals surface area contributed by atoms with Gasteiger partial charge in [-0.3, -0.25) is 14.7 Å². The monoisotopic (exact) mass is 417 g/mol. The molecule has 0 spiro atoms. The van der Waals surface area contributed by atoms with Crippen LogP contribution in [0.25, 0.3) is 0 Å². The van der Waals surface area contributed by atoms with Gasteiger partial charge < -0.3 is 19.6 Å². The third-order valence-corrected chi connectivity index (χ3v) is 5.09. The van der Waals surface area contributed by atoms with E-state index in [2.05, 4.69) is 25.7 Å². The van der Waals surface area contributed by atoms with Crippen LogP contribution in [0.4, 0.5) is 0 Å². The van der Waals surface area contributed by atoms with Crippen LogP contribution in [-0.4, -0.2) is 68.6 Å². The van der Waals surface area contributed by atoms with E-state index in [1.165, 1.54) is 0 Å². The minimum atomic E-state index is -0.351. The number of nitrogens with one attached hydrogen (secondary N) is 2. The van der Waals surface area contributed by atoms with E-state index in [0.29, 0.717) is 49.0 Å². The van der Waals surface area contributed by atoms with E-state index in [1.54, 1.807) is 11.8 Å². The number of rotatable bonds is 7. The maximum Gasteiger partial charge on any atom is 0.277 e. The SMILES string of the molecule is Cc1nc([C@@H]2C[C@H](NC(=O)CC(C)C)CN2C(=O)c2noc(C)c2CN(C)C)n[nH]1. The molecule has 164 valence electrons. The Balaban J connectivity index is 1.86. The van der Waals surface area contributed by atoms with Crippen LogP contribution in [0.2, 0.25) is 0 Å². The molecule has 0 unspecified atom stereocenters. The second-order valence-corrected chi connectivity index (χ2v) is 8.65. The Kier molecular flexibility index (Phi) is 6.55. The smallest absolute Gasteiger partial charge is 0.277 e. The predicted molar refractivity (Wildman–Crippen MR) is 110 cm³/mol. The quantitative estimate of drug-likeness (QED) is 0.702. The van der Waals surface area contributed by atoms with Gasteiger partial charge >= 0.3 is 0 Å². The first-order valence-electron chi connectivity index (χ1n) is 10.2. The average molecular weight is 418 g/mol. The molecule has 2 aromatic rings. The molecule has 1 aliphatic rings. The molecule has 2 N–H and O–H groups in total. The largest absolute Gasteiger partial charge is 0.361 e. The van der Waals surface area contributed by atoms with Crippen molar-refractivity contribution < 1.29 is 14.1 Å². The molecule has 10 heteroatoms. The molecule has 0 bridgehead atoms. The van der Waals surface area contributed by atoms with E-state index in [1.807, 2.05) is 39.8 Å². The summed E-state index contributed by atoms with van der Waals surface area (Å²) >= 11 is 0. The first kappa shape index (κ1) is 21.9. The highest BCUT2D eigenvalue weighted by molar-refractivity contribution is 5.94.